The number of hydrogen-bond donors (Lipinski definition) is 0. The maximum absolute atomic E-state index is 9.90. The van der Waals surface area contributed by atoms with E-state index in [0.717, 1.165) is 111 Å². The van der Waals surface area contributed by atoms with Crippen molar-refractivity contribution in [3.63, 3.8) is 0 Å². The van der Waals surface area contributed by atoms with Crippen LogP contribution in [0.4, 0.5) is 34.1 Å². The van der Waals surface area contributed by atoms with E-state index in [-0.39, 0.29) is 0 Å². The van der Waals surface area contributed by atoms with Gasteiger partial charge in [0, 0.05) is 39.1 Å². The van der Waals surface area contributed by atoms with Gasteiger partial charge in [-0.25, -0.2) is 0 Å². The van der Waals surface area contributed by atoms with Crippen molar-refractivity contribution in [2.75, 3.05) is 9.80 Å². The number of allylic oxidation sites excluding steroid dienone is 5. The molecule has 0 saturated carbocycles. The van der Waals surface area contributed by atoms with Crippen molar-refractivity contribution in [3.05, 3.63) is 285 Å². The van der Waals surface area contributed by atoms with Crippen LogP contribution < -0.4 is 9.80 Å². The first-order valence-corrected chi connectivity index (χ1v) is 24.6. The van der Waals surface area contributed by atoms with Gasteiger partial charge in [0.2, 0.25) is 0 Å². The van der Waals surface area contributed by atoms with Crippen LogP contribution in [0.15, 0.2) is 268 Å². The Morgan fingerprint density at radius 1 is 0.427 bits per heavy atom. The topological polar surface area (TPSA) is 77.8 Å². The summed E-state index contributed by atoms with van der Waals surface area (Å²) in [5, 5.41) is 34.3. The number of nitrogens with zero attached hydrogens (tertiary/aromatic N) is 5. The molecule has 354 valence electrons. The number of nitriles is 3. The summed E-state index contributed by atoms with van der Waals surface area (Å²) in [7, 11) is 0. The van der Waals surface area contributed by atoms with E-state index in [1.54, 1.807) is 13.0 Å². The van der Waals surface area contributed by atoms with E-state index in [0.29, 0.717) is 16.7 Å². The van der Waals surface area contributed by atoms with Crippen molar-refractivity contribution in [1.29, 1.82) is 15.8 Å². The van der Waals surface area contributed by atoms with Gasteiger partial charge in [-0.3, -0.25) is 0 Å². The summed E-state index contributed by atoms with van der Waals surface area (Å²) in [4.78, 5) is 4.64. The molecule has 11 aromatic carbocycles. The van der Waals surface area contributed by atoms with Gasteiger partial charge in [-0.1, -0.05) is 165 Å². The Morgan fingerprint density at radius 3 is 1.19 bits per heavy atom. The van der Waals surface area contributed by atoms with E-state index in [1.165, 1.54) is 0 Å². The SMILES string of the molecule is C=C(C)C#N.C=C/C=C(\C=C)c1cc(-c2ccccc2)cc(N(c2ccc(C#N)cc2)c2ccc3ccc4c(N(c5ccc(C#N)cc5)c5cc(-c6ccccc6)cc(-c6ccccc6)c5)ccc5ccc2c3c54)c1. The van der Waals surface area contributed by atoms with Crippen molar-refractivity contribution in [2.24, 2.45) is 0 Å². The fourth-order valence-corrected chi connectivity index (χ4v) is 9.83. The minimum absolute atomic E-state index is 0.560. The van der Waals surface area contributed by atoms with Crippen LogP contribution in [0.3, 0.4) is 0 Å². The fraction of sp³-hybridized carbons (Fsp3) is 0.0143. The summed E-state index contributed by atoms with van der Waals surface area (Å²) < 4.78 is 0. The van der Waals surface area contributed by atoms with Crippen LogP contribution in [0.1, 0.15) is 23.6 Å². The van der Waals surface area contributed by atoms with Gasteiger partial charge in [0.15, 0.2) is 0 Å². The van der Waals surface area contributed by atoms with Gasteiger partial charge in [-0.15, -0.1) is 0 Å². The summed E-state index contributed by atoms with van der Waals surface area (Å²) in [5.41, 5.74) is 16.1. The first-order valence-electron chi connectivity index (χ1n) is 24.6. The predicted octanol–water partition coefficient (Wildman–Crippen LogP) is 19.1. The lowest BCUT2D eigenvalue weighted by molar-refractivity contribution is 1.29. The molecule has 0 N–H and O–H groups in total. The summed E-state index contributed by atoms with van der Waals surface area (Å²) in [6.45, 7) is 13.2. The van der Waals surface area contributed by atoms with E-state index < -0.39 is 0 Å². The van der Waals surface area contributed by atoms with Crippen molar-refractivity contribution in [3.8, 4) is 51.6 Å². The second-order valence-electron chi connectivity index (χ2n) is 18.2. The summed E-state index contributed by atoms with van der Waals surface area (Å²) in [6, 6.07) is 85.0. The molecule has 0 spiro atoms. The monoisotopic (exact) mass is 959 g/mol. The minimum Gasteiger partial charge on any atom is -0.310 e. The molecule has 11 aromatic rings. The van der Waals surface area contributed by atoms with E-state index in [2.05, 4.69) is 199 Å². The van der Waals surface area contributed by atoms with Crippen LogP contribution in [0.25, 0.3) is 71.3 Å². The average molecular weight is 960 g/mol. The van der Waals surface area contributed by atoms with Crippen molar-refractivity contribution in [2.45, 2.75) is 6.92 Å². The zero-order valence-electron chi connectivity index (χ0n) is 41.5. The molecule has 0 heterocycles. The summed E-state index contributed by atoms with van der Waals surface area (Å²) in [6.07, 6.45) is 5.66. The van der Waals surface area contributed by atoms with Crippen molar-refractivity contribution in [1.82, 2.24) is 0 Å². The van der Waals surface area contributed by atoms with E-state index in [1.807, 2.05) is 85.0 Å². The number of hydrogen-bond acceptors (Lipinski definition) is 5. The molecule has 0 saturated heterocycles. The molecule has 0 atom stereocenters. The number of rotatable bonds is 12. The van der Waals surface area contributed by atoms with E-state index in [4.69, 9.17) is 5.26 Å². The molecular weight excluding hydrogens is 911 g/mol. The smallest absolute Gasteiger partial charge is 0.0991 e. The quantitative estimate of drug-likeness (QED) is 0.0692. The molecule has 75 heavy (non-hydrogen) atoms. The lowest BCUT2D eigenvalue weighted by atomic mass is 9.91. The van der Waals surface area contributed by atoms with E-state index in [9.17, 15) is 10.5 Å². The molecule has 0 bridgehead atoms. The molecule has 11 rings (SSSR count). The molecule has 5 nitrogen and oxygen atoms in total. The Hall–Kier alpha value is -10.5. The highest BCUT2D eigenvalue weighted by Crippen LogP contribution is 2.49. The maximum atomic E-state index is 9.90. The zero-order chi connectivity index (χ0) is 51.8. The Kier molecular flexibility index (Phi) is 13.8. The van der Waals surface area contributed by atoms with Gasteiger partial charge in [0.05, 0.1) is 40.7 Å². The van der Waals surface area contributed by atoms with Crippen LogP contribution in [-0.2, 0) is 0 Å². The minimum atomic E-state index is 0.560. The third-order valence-corrected chi connectivity index (χ3v) is 13.3. The Balaban J connectivity index is 0.00000123. The predicted molar refractivity (Wildman–Crippen MR) is 314 cm³/mol. The van der Waals surface area contributed by atoms with Gasteiger partial charge < -0.3 is 9.80 Å². The van der Waals surface area contributed by atoms with Gasteiger partial charge in [0.1, 0.15) is 0 Å². The summed E-state index contributed by atoms with van der Waals surface area (Å²) in [5.74, 6) is 0. The highest BCUT2D eigenvalue weighted by Gasteiger charge is 2.24. The Morgan fingerprint density at radius 2 is 0.813 bits per heavy atom. The molecular formula is C70H49N5. The maximum Gasteiger partial charge on any atom is 0.0991 e. The molecule has 0 aliphatic carbocycles. The molecule has 0 unspecified atom stereocenters. The molecule has 0 aliphatic rings. The van der Waals surface area contributed by atoms with Crippen LogP contribution in [0.2, 0.25) is 0 Å². The highest BCUT2D eigenvalue weighted by molar-refractivity contribution is 6.28. The van der Waals surface area contributed by atoms with Gasteiger partial charge >= 0.3 is 0 Å². The molecule has 0 aromatic heterocycles. The lowest BCUT2D eigenvalue weighted by Crippen LogP contribution is -2.12. The average Bonchev–Trinajstić information content (AvgIpc) is 3.49. The third kappa shape index (κ3) is 9.80. The summed E-state index contributed by atoms with van der Waals surface area (Å²) >= 11 is 0. The highest BCUT2D eigenvalue weighted by atomic mass is 15.1. The van der Waals surface area contributed by atoms with Crippen LogP contribution in [0.5, 0.6) is 0 Å². The van der Waals surface area contributed by atoms with Crippen molar-refractivity contribution < 1.29 is 0 Å². The second kappa shape index (κ2) is 21.5. The zero-order valence-corrected chi connectivity index (χ0v) is 41.5. The first-order chi connectivity index (χ1) is 36.8. The largest absolute Gasteiger partial charge is 0.310 e. The molecule has 0 fully saturated rings. The molecule has 0 aliphatic heterocycles. The number of anilines is 6. The normalized spacial score (nSPS) is 10.9. The Bertz CT molecular complexity index is 4020. The Labute approximate surface area is 438 Å². The fourth-order valence-electron chi connectivity index (χ4n) is 9.83. The van der Waals surface area contributed by atoms with Gasteiger partial charge in [0.25, 0.3) is 0 Å². The lowest BCUT2D eigenvalue weighted by Gasteiger charge is -2.30. The van der Waals surface area contributed by atoms with Gasteiger partial charge in [-0.2, -0.15) is 15.8 Å². The first kappa shape index (κ1) is 48.1. The van der Waals surface area contributed by atoms with Crippen LogP contribution in [-0.4, -0.2) is 0 Å². The number of benzene rings is 11. The molecule has 5 heteroatoms. The van der Waals surface area contributed by atoms with E-state index >= 15 is 0 Å². The van der Waals surface area contributed by atoms with Crippen LogP contribution >= 0.6 is 0 Å². The molecule has 0 radical (unpaired) electrons. The second-order valence-corrected chi connectivity index (χ2v) is 18.2. The standard InChI is InChI=1S/C66H44N4.C4H5N/c1-3-14-47(4-2)53-37-54(48-15-8-5-9-16-48)40-59(39-53)69(57-29-21-45(43-67)22-30-57)63-35-27-51-26-34-62-64(36-28-52-25-33-61(63)65(51)66(52)62)70(58-31-23-46(44-68)24-32-58)60-41-55(49-17-10-6-11-18-49)38-56(42-60)50-19-12-7-13-20-50;1-4(2)3-5/h3-42H,1-2H2;1H2,2H3/b47-14+;. The van der Waals surface area contributed by atoms with Gasteiger partial charge in [-0.05, 0) is 170 Å². The van der Waals surface area contributed by atoms with Crippen molar-refractivity contribution >= 4 is 72.0 Å². The van der Waals surface area contributed by atoms with Crippen LogP contribution in [0, 0.1) is 34.0 Å². The molecule has 0 amide bonds. The third-order valence-electron chi connectivity index (χ3n) is 13.3.